The predicted octanol–water partition coefficient (Wildman–Crippen LogP) is 6.89. The fourth-order valence-electron chi connectivity index (χ4n) is 5.20. The quantitative estimate of drug-likeness (QED) is 0.145. The Morgan fingerprint density at radius 3 is 2.17 bits per heavy atom. The largest absolute Gasteiger partial charge is 0.493 e. The summed E-state index contributed by atoms with van der Waals surface area (Å²) in [6.45, 7) is 12.9. The molecule has 0 unspecified atom stereocenters. The van der Waals surface area contributed by atoms with Crippen molar-refractivity contribution in [2.24, 2.45) is 0 Å². The highest BCUT2D eigenvalue weighted by Gasteiger charge is 2.34. The van der Waals surface area contributed by atoms with E-state index in [1.807, 2.05) is 32.0 Å². The van der Waals surface area contributed by atoms with Gasteiger partial charge in [-0.3, -0.25) is 14.4 Å². The molecule has 0 saturated heterocycles. The van der Waals surface area contributed by atoms with Crippen molar-refractivity contribution < 1.29 is 33.3 Å². The van der Waals surface area contributed by atoms with Crippen LogP contribution < -0.4 is 9.47 Å². The average Bonchev–Trinajstić information content (AvgIpc) is 2.88. The van der Waals surface area contributed by atoms with Crippen LogP contribution in [0.2, 0.25) is 0 Å². The summed E-state index contributed by atoms with van der Waals surface area (Å²) in [5.74, 6) is 0.664. The molecule has 0 fully saturated rings. The van der Waals surface area contributed by atoms with Gasteiger partial charge in [-0.15, -0.1) is 0 Å². The number of esters is 2. The van der Waals surface area contributed by atoms with E-state index in [2.05, 4.69) is 35.8 Å². The van der Waals surface area contributed by atoms with Crippen LogP contribution in [0.5, 0.6) is 11.5 Å². The molecule has 2 aromatic carbocycles. The van der Waals surface area contributed by atoms with Crippen LogP contribution in [0.3, 0.4) is 0 Å². The predicted molar refractivity (Wildman–Crippen MR) is 167 cm³/mol. The van der Waals surface area contributed by atoms with Gasteiger partial charge in [-0.1, -0.05) is 41.9 Å². The van der Waals surface area contributed by atoms with Crippen molar-refractivity contribution >= 4 is 33.8 Å². The zero-order chi connectivity index (χ0) is 31.5. The molecule has 2 rings (SSSR count). The van der Waals surface area contributed by atoms with E-state index in [9.17, 15) is 14.4 Å². The molecule has 0 atom stereocenters. The third kappa shape index (κ3) is 11.0. The SMILES string of the molecule is CCOC(=O)CCCOc1cccc(C(C)(C)CC(C)(C)Oc2cc(Br)cc(C(=O)N(C)C)c2)c1CCC(=O)OCC. The maximum Gasteiger partial charge on any atom is 0.306 e. The molecule has 8 nitrogen and oxygen atoms in total. The first-order valence-electron chi connectivity index (χ1n) is 14.5. The molecule has 0 aromatic heterocycles. The van der Waals surface area contributed by atoms with Crippen LogP contribution in [0.15, 0.2) is 40.9 Å². The number of rotatable bonds is 16. The summed E-state index contributed by atoms with van der Waals surface area (Å²) >= 11 is 3.51. The first-order valence-corrected chi connectivity index (χ1v) is 15.3. The smallest absolute Gasteiger partial charge is 0.306 e. The molecule has 0 aliphatic rings. The van der Waals surface area contributed by atoms with Gasteiger partial charge in [-0.2, -0.15) is 0 Å². The first-order chi connectivity index (χ1) is 19.7. The zero-order valence-electron chi connectivity index (χ0n) is 26.3. The van der Waals surface area contributed by atoms with Crippen LogP contribution in [0.25, 0.3) is 0 Å². The lowest BCUT2D eigenvalue weighted by atomic mass is 9.73. The van der Waals surface area contributed by atoms with Gasteiger partial charge >= 0.3 is 11.9 Å². The van der Waals surface area contributed by atoms with Gasteiger partial charge in [-0.25, -0.2) is 0 Å². The van der Waals surface area contributed by atoms with E-state index in [-0.39, 0.29) is 36.1 Å². The zero-order valence-corrected chi connectivity index (χ0v) is 27.9. The van der Waals surface area contributed by atoms with E-state index >= 15 is 0 Å². The Hall–Kier alpha value is -3.07. The molecule has 0 saturated carbocycles. The van der Waals surface area contributed by atoms with Gasteiger partial charge < -0.3 is 23.8 Å². The van der Waals surface area contributed by atoms with Crippen LogP contribution in [-0.2, 0) is 30.9 Å². The second-order valence-corrected chi connectivity index (χ2v) is 12.6. The Morgan fingerprint density at radius 1 is 0.905 bits per heavy atom. The Balaban J connectivity index is 2.32. The molecule has 0 radical (unpaired) electrons. The highest BCUT2D eigenvalue weighted by Crippen LogP contribution is 2.40. The number of benzene rings is 2. The van der Waals surface area contributed by atoms with Gasteiger partial charge in [0.2, 0.25) is 0 Å². The standard InChI is InChI=1S/C33H46BrNO7/c1-9-39-29(36)15-12-18-41-28-14-11-13-27(26(28)16-17-30(37)40-10-2)32(3,4)22-33(5,6)42-25-20-23(19-24(34)21-25)31(38)35(7)8/h11,13-14,19-21H,9-10,12,15-18,22H2,1-8H3. The molecule has 0 aliphatic heterocycles. The van der Waals surface area contributed by atoms with Gasteiger partial charge in [0.15, 0.2) is 0 Å². The van der Waals surface area contributed by atoms with Crippen molar-refractivity contribution in [2.75, 3.05) is 33.9 Å². The normalized spacial score (nSPS) is 11.5. The van der Waals surface area contributed by atoms with Gasteiger partial charge in [0.25, 0.3) is 5.91 Å². The first kappa shape index (κ1) is 35.1. The monoisotopic (exact) mass is 647 g/mol. The Morgan fingerprint density at radius 2 is 1.55 bits per heavy atom. The van der Waals surface area contributed by atoms with Crippen molar-refractivity contribution in [3.8, 4) is 11.5 Å². The number of hydrogen-bond acceptors (Lipinski definition) is 7. The van der Waals surface area contributed by atoms with Gasteiger partial charge in [0.1, 0.15) is 17.1 Å². The third-order valence-electron chi connectivity index (χ3n) is 6.62. The van der Waals surface area contributed by atoms with Crippen LogP contribution >= 0.6 is 15.9 Å². The fraction of sp³-hybridized carbons (Fsp3) is 0.545. The number of halogens is 1. The van der Waals surface area contributed by atoms with E-state index in [1.165, 1.54) is 4.90 Å². The molecular weight excluding hydrogens is 602 g/mol. The summed E-state index contributed by atoms with van der Waals surface area (Å²) < 4.78 is 23.6. The molecule has 0 N–H and O–H groups in total. The summed E-state index contributed by atoms with van der Waals surface area (Å²) in [4.78, 5) is 38.2. The number of carbonyl (C=O) groups excluding carboxylic acids is 3. The molecule has 9 heteroatoms. The van der Waals surface area contributed by atoms with Crippen LogP contribution in [0.1, 0.15) is 88.7 Å². The second kappa shape index (κ2) is 16.0. The number of ether oxygens (including phenoxy) is 4. The van der Waals surface area contributed by atoms with E-state index < -0.39 is 5.60 Å². The van der Waals surface area contributed by atoms with Crippen molar-refractivity contribution in [1.82, 2.24) is 4.90 Å². The lowest BCUT2D eigenvalue weighted by molar-refractivity contribution is -0.144. The molecule has 42 heavy (non-hydrogen) atoms. The summed E-state index contributed by atoms with van der Waals surface area (Å²) in [5.41, 5.74) is 1.52. The van der Waals surface area contributed by atoms with E-state index in [0.717, 1.165) is 15.6 Å². The van der Waals surface area contributed by atoms with Crippen LogP contribution in [0.4, 0.5) is 0 Å². The second-order valence-electron chi connectivity index (χ2n) is 11.6. The number of nitrogens with zero attached hydrogens (tertiary/aromatic N) is 1. The number of amides is 1. The fourth-order valence-corrected chi connectivity index (χ4v) is 5.68. The molecular formula is C33H46BrNO7. The van der Waals surface area contributed by atoms with Crippen molar-refractivity contribution in [2.45, 2.75) is 84.7 Å². The summed E-state index contributed by atoms with van der Waals surface area (Å²) in [6.07, 6.45) is 2.10. The van der Waals surface area contributed by atoms with E-state index in [4.69, 9.17) is 18.9 Å². The Kier molecular flexibility index (Phi) is 13.3. The van der Waals surface area contributed by atoms with Crippen molar-refractivity contribution in [1.29, 1.82) is 0 Å². The summed E-state index contributed by atoms with van der Waals surface area (Å²) in [5, 5.41) is 0. The van der Waals surface area contributed by atoms with Crippen molar-refractivity contribution in [3.63, 3.8) is 0 Å². The Labute approximate surface area is 259 Å². The molecule has 1 amide bonds. The Bertz CT molecular complexity index is 1220. The molecule has 0 aliphatic carbocycles. The highest BCUT2D eigenvalue weighted by molar-refractivity contribution is 9.10. The van der Waals surface area contributed by atoms with Gasteiger partial charge in [-0.05, 0) is 87.8 Å². The van der Waals surface area contributed by atoms with E-state index in [0.29, 0.717) is 56.1 Å². The minimum Gasteiger partial charge on any atom is -0.493 e. The molecule has 0 bridgehead atoms. The number of hydrogen-bond donors (Lipinski definition) is 0. The van der Waals surface area contributed by atoms with Crippen LogP contribution in [-0.4, -0.2) is 62.3 Å². The highest BCUT2D eigenvalue weighted by atomic mass is 79.9. The summed E-state index contributed by atoms with van der Waals surface area (Å²) in [6, 6.07) is 11.3. The molecule has 0 spiro atoms. The maximum atomic E-state index is 12.6. The molecule has 0 heterocycles. The van der Waals surface area contributed by atoms with Gasteiger partial charge in [0.05, 0.1) is 19.8 Å². The topological polar surface area (TPSA) is 91.4 Å². The minimum atomic E-state index is -0.613. The number of carbonyl (C=O) groups is 3. The lowest BCUT2D eigenvalue weighted by Crippen LogP contribution is -2.37. The molecule has 232 valence electrons. The molecule has 2 aromatic rings. The van der Waals surface area contributed by atoms with E-state index in [1.54, 1.807) is 40.1 Å². The average molecular weight is 649 g/mol. The summed E-state index contributed by atoms with van der Waals surface area (Å²) in [7, 11) is 3.43. The lowest BCUT2D eigenvalue weighted by Gasteiger charge is -2.37. The van der Waals surface area contributed by atoms with Crippen LogP contribution in [0, 0.1) is 0 Å². The maximum absolute atomic E-state index is 12.6. The minimum absolute atomic E-state index is 0.107. The van der Waals surface area contributed by atoms with Gasteiger partial charge in [0, 0.05) is 37.0 Å². The van der Waals surface area contributed by atoms with Crippen molar-refractivity contribution in [3.05, 3.63) is 57.6 Å². The third-order valence-corrected chi connectivity index (χ3v) is 7.08.